The van der Waals surface area contributed by atoms with Crippen molar-refractivity contribution in [2.45, 2.75) is 13.0 Å². The first-order valence-electron chi connectivity index (χ1n) is 6.14. The SMILES string of the molecule is O=C(NCCc1cncnc1)NCc1ccccc1. The fraction of sp³-hybridized carbons (Fsp3) is 0.214. The van der Waals surface area contributed by atoms with Gasteiger partial charge in [-0.1, -0.05) is 30.3 Å². The molecule has 0 unspecified atom stereocenters. The Labute approximate surface area is 112 Å². The first-order chi connectivity index (χ1) is 9.34. The highest BCUT2D eigenvalue weighted by Gasteiger charge is 2.00. The lowest BCUT2D eigenvalue weighted by molar-refractivity contribution is 0.240. The zero-order valence-corrected chi connectivity index (χ0v) is 10.5. The maximum absolute atomic E-state index is 11.6. The molecule has 0 aliphatic carbocycles. The summed E-state index contributed by atoms with van der Waals surface area (Å²) in [6, 6.07) is 9.63. The molecule has 0 spiro atoms. The lowest BCUT2D eigenvalue weighted by Gasteiger charge is -2.07. The van der Waals surface area contributed by atoms with E-state index in [1.54, 1.807) is 12.4 Å². The molecule has 5 heteroatoms. The van der Waals surface area contributed by atoms with Crippen molar-refractivity contribution in [2.75, 3.05) is 6.54 Å². The monoisotopic (exact) mass is 256 g/mol. The van der Waals surface area contributed by atoms with Gasteiger partial charge in [0.2, 0.25) is 0 Å². The zero-order valence-electron chi connectivity index (χ0n) is 10.5. The van der Waals surface area contributed by atoms with Crippen LogP contribution >= 0.6 is 0 Å². The predicted octanol–water partition coefficient (Wildman–Crippen LogP) is 1.52. The Kier molecular flexibility index (Phi) is 4.87. The number of nitrogens with one attached hydrogen (secondary N) is 2. The molecular weight excluding hydrogens is 240 g/mol. The van der Waals surface area contributed by atoms with E-state index in [1.807, 2.05) is 30.3 Å². The van der Waals surface area contributed by atoms with Gasteiger partial charge in [0, 0.05) is 25.5 Å². The smallest absolute Gasteiger partial charge is 0.315 e. The number of rotatable bonds is 5. The van der Waals surface area contributed by atoms with Crippen LogP contribution in [-0.2, 0) is 13.0 Å². The van der Waals surface area contributed by atoms with Gasteiger partial charge in [-0.3, -0.25) is 0 Å². The summed E-state index contributed by atoms with van der Waals surface area (Å²) >= 11 is 0. The van der Waals surface area contributed by atoms with Crippen LogP contribution in [0.3, 0.4) is 0 Å². The van der Waals surface area contributed by atoms with E-state index in [9.17, 15) is 4.79 Å². The molecule has 0 fully saturated rings. The molecule has 2 N–H and O–H groups in total. The molecule has 1 aromatic carbocycles. The first kappa shape index (κ1) is 13.0. The number of hydrogen-bond acceptors (Lipinski definition) is 3. The molecular formula is C14H16N4O. The Morgan fingerprint density at radius 2 is 1.74 bits per heavy atom. The molecule has 0 saturated heterocycles. The van der Waals surface area contributed by atoms with Crippen molar-refractivity contribution < 1.29 is 4.79 Å². The van der Waals surface area contributed by atoms with E-state index in [2.05, 4.69) is 20.6 Å². The molecule has 1 heterocycles. The van der Waals surface area contributed by atoms with Gasteiger partial charge < -0.3 is 10.6 Å². The maximum atomic E-state index is 11.6. The van der Waals surface area contributed by atoms with Crippen molar-refractivity contribution in [2.24, 2.45) is 0 Å². The molecule has 1 aromatic heterocycles. The highest BCUT2D eigenvalue weighted by atomic mass is 16.2. The van der Waals surface area contributed by atoms with Gasteiger partial charge >= 0.3 is 6.03 Å². The highest BCUT2D eigenvalue weighted by molar-refractivity contribution is 5.73. The molecule has 98 valence electrons. The van der Waals surface area contributed by atoms with Gasteiger partial charge in [0.05, 0.1) is 0 Å². The van der Waals surface area contributed by atoms with Crippen LogP contribution < -0.4 is 10.6 Å². The average molecular weight is 256 g/mol. The fourth-order valence-electron chi connectivity index (χ4n) is 1.62. The molecule has 0 aliphatic heterocycles. The number of carbonyl (C=O) groups is 1. The first-order valence-corrected chi connectivity index (χ1v) is 6.14. The third-order valence-corrected chi connectivity index (χ3v) is 2.61. The van der Waals surface area contributed by atoms with E-state index in [0.717, 1.165) is 17.5 Å². The largest absolute Gasteiger partial charge is 0.338 e. The fourth-order valence-corrected chi connectivity index (χ4v) is 1.62. The van der Waals surface area contributed by atoms with Crippen LogP contribution in [-0.4, -0.2) is 22.5 Å². The van der Waals surface area contributed by atoms with Crippen molar-refractivity contribution in [3.05, 3.63) is 60.2 Å². The number of amides is 2. The Balaban J connectivity index is 1.65. The summed E-state index contributed by atoms with van der Waals surface area (Å²) in [5.41, 5.74) is 2.08. The third-order valence-electron chi connectivity index (χ3n) is 2.61. The van der Waals surface area contributed by atoms with Crippen LogP contribution in [0, 0.1) is 0 Å². The molecule has 2 rings (SSSR count). The molecule has 2 aromatic rings. The van der Waals surface area contributed by atoms with Crippen LogP contribution in [0.25, 0.3) is 0 Å². The number of benzene rings is 1. The Morgan fingerprint density at radius 3 is 2.47 bits per heavy atom. The minimum absolute atomic E-state index is 0.166. The lowest BCUT2D eigenvalue weighted by Crippen LogP contribution is -2.36. The van der Waals surface area contributed by atoms with Gasteiger partial charge in [-0.15, -0.1) is 0 Å². The van der Waals surface area contributed by atoms with Crippen molar-refractivity contribution in [1.82, 2.24) is 20.6 Å². The van der Waals surface area contributed by atoms with Crippen molar-refractivity contribution >= 4 is 6.03 Å². The summed E-state index contributed by atoms with van der Waals surface area (Å²) in [4.78, 5) is 19.4. The number of carbonyl (C=O) groups excluding carboxylic acids is 1. The van der Waals surface area contributed by atoms with Crippen LogP contribution in [0.5, 0.6) is 0 Å². The molecule has 5 nitrogen and oxygen atoms in total. The van der Waals surface area contributed by atoms with E-state index in [4.69, 9.17) is 0 Å². The highest BCUT2D eigenvalue weighted by Crippen LogP contribution is 1.97. The van der Waals surface area contributed by atoms with Crippen molar-refractivity contribution in [1.29, 1.82) is 0 Å². The Bertz CT molecular complexity index is 501. The van der Waals surface area contributed by atoms with Crippen LogP contribution in [0.4, 0.5) is 4.79 Å². The van der Waals surface area contributed by atoms with Gasteiger partial charge in [-0.25, -0.2) is 14.8 Å². The summed E-state index contributed by atoms with van der Waals surface area (Å²) in [5.74, 6) is 0. The summed E-state index contributed by atoms with van der Waals surface area (Å²) in [5, 5.41) is 5.60. The topological polar surface area (TPSA) is 66.9 Å². The van der Waals surface area contributed by atoms with E-state index >= 15 is 0 Å². The standard InChI is InChI=1S/C14H16N4O/c19-14(18-10-12-4-2-1-3-5-12)17-7-6-13-8-15-11-16-9-13/h1-5,8-9,11H,6-7,10H2,(H2,17,18,19). The Morgan fingerprint density at radius 1 is 1.00 bits per heavy atom. The summed E-state index contributed by atoms with van der Waals surface area (Å²) in [6.45, 7) is 1.09. The lowest BCUT2D eigenvalue weighted by atomic mass is 10.2. The summed E-state index contributed by atoms with van der Waals surface area (Å²) in [6.07, 6.45) is 5.70. The molecule has 0 saturated carbocycles. The van der Waals surface area contributed by atoms with Gasteiger partial charge in [0.25, 0.3) is 0 Å². The summed E-state index contributed by atoms with van der Waals surface area (Å²) in [7, 11) is 0. The van der Waals surface area contributed by atoms with Crippen molar-refractivity contribution in [3.8, 4) is 0 Å². The second kappa shape index (κ2) is 7.10. The minimum Gasteiger partial charge on any atom is -0.338 e. The molecule has 0 aliphatic rings. The predicted molar refractivity (Wildman–Crippen MR) is 72.4 cm³/mol. The third kappa shape index (κ3) is 4.75. The molecule has 19 heavy (non-hydrogen) atoms. The van der Waals surface area contributed by atoms with E-state index in [-0.39, 0.29) is 6.03 Å². The van der Waals surface area contributed by atoms with Gasteiger partial charge in [0.1, 0.15) is 6.33 Å². The molecule has 0 bridgehead atoms. The second-order valence-corrected chi connectivity index (χ2v) is 4.09. The van der Waals surface area contributed by atoms with Gasteiger partial charge in [-0.05, 0) is 17.5 Å². The summed E-state index contributed by atoms with van der Waals surface area (Å²) < 4.78 is 0. The zero-order chi connectivity index (χ0) is 13.3. The molecule has 2 amide bonds. The number of urea groups is 1. The molecule has 0 radical (unpaired) electrons. The molecule has 0 atom stereocenters. The number of nitrogens with zero attached hydrogens (tertiary/aromatic N) is 2. The van der Waals surface area contributed by atoms with Crippen LogP contribution in [0.1, 0.15) is 11.1 Å². The average Bonchev–Trinajstić information content (AvgIpc) is 2.47. The maximum Gasteiger partial charge on any atom is 0.315 e. The normalized spacial score (nSPS) is 9.89. The number of hydrogen-bond donors (Lipinski definition) is 2. The van der Waals surface area contributed by atoms with E-state index in [1.165, 1.54) is 6.33 Å². The van der Waals surface area contributed by atoms with Crippen molar-refractivity contribution in [3.63, 3.8) is 0 Å². The second-order valence-electron chi connectivity index (χ2n) is 4.09. The van der Waals surface area contributed by atoms with Gasteiger partial charge in [-0.2, -0.15) is 0 Å². The van der Waals surface area contributed by atoms with E-state index < -0.39 is 0 Å². The van der Waals surface area contributed by atoms with E-state index in [0.29, 0.717) is 13.1 Å². The van der Waals surface area contributed by atoms with Gasteiger partial charge in [0.15, 0.2) is 0 Å². The Hall–Kier alpha value is -2.43. The minimum atomic E-state index is -0.166. The quantitative estimate of drug-likeness (QED) is 0.852. The van der Waals surface area contributed by atoms with Crippen LogP contribution in [0.15, 0.2) is 49.1 Å². The number of aromatic nitrogens is 2. The van der Waals surface area contributed by atoms with Crippen LogP contribution in [0.2, 0.25) is 0 Å².